The molecule has 45 heavy (non-hydrogen) atoms. The first kappa shape index (κ1) is 33.5. The fraction of sp³-hybridized carbons (Fsp3) is 0.441. The molecule has 3 aromatic rings. The Balaban J connectivity index is 1.63. The predicted molar refractivity (Wildman–Crippen MR) is 170 cm³/mol. The number of fused-ring (bicyclic) bond motifs is 1. The zero-order chi connectivity index (χ0) is 32.3. The van der Waals surface area contributed by atoms with E-state index in [1.807, 2.05) is 13.8 Å². The third-order valence-corrected chi connectivity index (χ3v) is 7.98. The second-order valence-electron chi connectivity index (χ2n) is 11.6. The van der Waals surface area contributed by atoms with Crippen LogP contribution in [0.3, 0.4) is 0 Å². The van der Waals surface area contributed by atoms with E-state index in [1.165, 1.54) is 12.4 Å². The number of aromatic nitrogens is 2. The standard InChI is InChI=1S/C34H43N5O6/c1-23-20-39(24(2)22-40)34(43)29-19-28(37-32(41)26-10-14-35-15-11-26)8-9-30(29)45-25(3)7-5-6-18-44-31(23)21-38(4)33(42)27-12-16-36-17-13-27/h8-17,19,23-25,31,40H,5-7,18,20-22H2,1-4H3,(H,37,41)/t23-,24+,25-,31+/m1/s1. The summed E-state index contributed by atoms with van der Waals surface area (Å²) in [7, 11) is 1.74. The molecular weight excluding hydrogens is 574 g/mol. The van der Waals surface area contributed by atoms with Crippen LogP contribution in [0.5, 0.6) is 5.75 Å². The predicted octanol–water partition coefficient (Wildman–Crippen LogP) is 4.30. The van der Waals surface area contributed by atoms with Crippen LogP contribution in [0, 0.1) is 5.92 Å². The van der Waals surface area contributed by atoms with Crippen LogP contribution >= 0.6 is 0 Å². The number of nitrogens with zero attached hydrogens (tertiary/aromatic N) is 4. The molecule has 3 heterocycles. The van der Waals surface area contributed by atoms with E-state index in [4.69, 9.17) is 9.47 Å². The molecule has 1 aromatic carbocycles. The van der Waals surface area contributed by atoms with Gasteiger partial charge in [0.15, 0.2) is 0 Å². The lowest BCUT2D eigenvalue weighted by atomic mass is 10.0. The van der Waals surface area contributed by atoms with E-state index in [1.54, 1.807) is 78.6 Å². The Morgan fingerprint density at radius 2 is 1.71 bits per heavy atom. The minimum Gasteiger partial charge on any atom is -0.490 e. The summed E-state index contributed by atoms with van der Waals surface area (Å²) in [4.78, 5) is 51.5. The Morgan fingerprint density at radius 3 is 2.38 bits per heavy atom. The monoisotopic (exact) mass is 617 g/mol. The van der Waals surface area contributed by atoms with Gasteiger partial charge in [-0.1, -0.05) is 6.92 Å². The highest BCUT2D eigenvalue weighted by Crippen LogP contribution is 2.29. The quantitative estimate of drug-likeness (QED) is 0.401. The van der Waals surface area contributed by atoms with Crippen LogP contribution in [0.1, 0.15) is 71.1 Å². The number of carbonyl (C=O) groups is 3. The van der Waals surface area contributed by atoms with Gasteiger partial charge in [-0.05, 0) is 75.6 Å². The molecule has 0 unspecified atom stereocenters. The fourth-order valence-electron chi connectivity index (χ4n) is 5.24. The topological polar surface area (TPSA) is 134 Å². The normalized spacial score (nSPS) is 20.2. The highest BCUT2D eigenvalue weighted by atomic mass is 16.5. The van der Waals surface area contributed by atoms with Crippen molar-refractivity contribution in [3.63, 3.8) is 0 Å². The Morgan fingerprint density at radius 1 is 1.04 bits per heavy atom. The van der Waals surface area contributed by atoms with Crippen molar-refractivity contribution in [2.75, 3.05) is 38.7 Å². The molecule has 0 fully saturated rings. The van der Waals surface area contributed by atoms with Gasteiger partial charge in [0.05, 0.1) is 30.4 Å². The number of likely N-dealkylation sites (N-methyl/N-ethyl adjacent to an activating group) is 1. The van der Waals surface area contributed by atoms with E-state index in [-0.39, 0.29) is 54.6 Å². The van der Waals surface area contributed by atoms with Crippen molar-refractivity contribution in [3.05, 3.63) is 83.9 Å². The molecule has 4 atom stereocenters. The summed E-state index contributed by atoms with van der Waals surface area (Å²) in [5.74, 6) is -0.617. The van der Waals surface area contributed by atoms with Crippen molar-refractivity contribution in [2.24, 2.45) is 5.92 Å². The van der Waals surface area contributed by atoms with E-state index in [9.17, 15) is 19.5 Å². The minimum absolute atomic E-state index is 0.148. The molecule has 0 aliphatic carbocycles. The number of carbonyl (C=O) groups excluding carboxylic acids is 3. The third-order valence-electron chi connectivity index (χ3n) is 7.98. The number of benzene rings is 1. The maximum absolute atomic E-state index is 14.3. The van der Waals surface area contributed by atoms with Crippen molar-refractivity contribution in [3.8, 4) is 5.75 Å². The summed E-state index contributed by atoms with van der Waals surface area (Å²) < 4.78 is 12.6. The molecule has 0 saturated carbocycles. The van der Waals surface area contributed by atoms with Gasteiger partial charge in [-0.3, -0.25) is 24.4 Å². The highest BCUT2D eigenvalue weighted by molar-refractivity contribution is 6.05. The molecule has 3 amide bonds. The van der Waals surface area contributed by atoms with Crippen molar-refractivity contribution < 1.29 is 29.0 Å². The van der Waals surface area contributed by atoms with Crippen molar-refractivity contribution in [2.45, 2.75) is 58.3 Å². The molecule has 0 spiro atoms. The first-order chi connectivity index (χ1) is 21.7. The number of hydrogen-bond donors (Lipinski definition) is 2. The van der Waals surface area contributed by atoms with Crippen molar-refractivity contribution in [1.29, 1.82) is 0 Å². The number of aliphatic hydroxyl groups excluding tert-OH is 1. The lowest BCUT2D eigenvalue weighted by Crippen LogP contribution is -2.48. The molecule has 1 aliphatic rings. The highest BCUT2D eigenvalue weighted by Gasteiger charge is 2.31. The molecule has 11 nitrogen and oxygen atoms in total. The van der Waals surface area contributed by atoms with Gasteiger partial charge in [0.25, 0.3) is 17.7 Å². The van der Waals surface area contributed by atoms with Crippen LogP contribution in [0.25, 0.3) is 0 Å². The van der Waals surface area contributed by atoms with Crippen LogP contribution in [0.2, 0.25) is 0 Å². The second-order valence-corrected chi connectivity index (χ2v) is 11.6. The molecule has 0 radical (unpaired) electrons. The molecule has 240 valence electrons. The smallest absolute Gasteiger partial charge is 0.258 e. The Kier molecular flexibility index (Phi) is 12.0. The molecule has 1 aliphatic heterocycles. The van der Waals surface area contributed by atoms with Crippen LogP contribution < -0.4 is 10.1 Å². The third kappa shape index (κ3) is 9.09. The number of hydrogen-bond acceptors (Lipinski definition) is 8. The SMILES string of the molecule is C[C@@H]1CCCCO[C@@H](CN(C)C(=O)c2ccncc2)[C@H](C)CN([C@@H](C)CO)C(=O)c2cc(NC(=O)c3ccncc3)ccc2O1. The minimum atomic E-state index is -0.523. The fourth-order valence-corrected chi connectivity index (χ4v) is 5.24. The van der Waals surface area contributed by atoms with Gasteiger partial charge >= 0.3 is 0 Å². The van der Waals surface area contributed by atoms with Crippen molar-refractivity contribution >= 4 is 23.4 Å². The first-order valence-electron chi connectivity index (χ1n) is 15.4. The van der Waals surface area contributed by atoms with E-state index in [2.05, 4.69) is 15.3 Å². The first-order valence-corrected chi connectivity index (χ1v) is 15.4. The molecule has 11 heteroatoms. The molecule has 0 bridgehead atoms. The maximum atomic E-state index is 14.3. The number of rotatable bonds is 7. The van der Waals surface area contributed by atoms with Crippen molar-refractivity contribution in [1.82, 2.24) is 19.8 Å². The van der Waals surface area contributed by atoms with Gasteiger partial charge in [0.2, 0.25) is 0 Å². The van der Waals surface area contributed by atoms with E-state index < -0.39 is 6.04 Å². The summed E-state index contributed by atoms with van der Waals surface area (Å²) in [5.41, 5.74) is 1.68. The average molecular weight is 618 g/mol. The van der Waals surface area contributed by atoms with Gasteiger partial charge in [0.1, 0.15) is 5.75 Å². The summed E-state index contributed by atoms with van der Waals surface area (Å²) in [6.07, 6.45) is 8.09. The lowest BCUT2D eigenvalue weighted by Gasteiger charge is -2.36. The molecule has 2 N–H and O–H groups in total. The zero-order valence-electron chi connectivity index (χ0n) is 26.4. The van der Waals surface area contributed by atoms with Gasteiger partial charge in [-0.25, -0.2) is 0 Å². The summed E-state index contributed by atoms with van der Waals surface area (Å²) in [6, 6.07) is 11.1. The van der Waals surface area contributed by atoms with Gasteiger partial charge in [-0.15, -0.1) is 0 Å². The maximum Gasteiger partial charge on any atom is 0.258 e. The van der Waals surface area contributed by atoms with Gasteiger partial charge in [-0.2, -0.15) is 0 Å². The van der Waals surface area contributed by atoms with E-state index in [0.29, 0.717) is 35.7 Å². The zero-order valence-corrected chi connectivity index (χ0v) is 26.4. The Bertz CT molecular complexity index is 1420. The molecule has 0 saturated heterocycles. The van der Waals surface area contributed by atoms with E-state index in [0.717, 1.165) is 19.3 Å². The number of anilines is 1. The van der Waals surface area contributed by atoms with Crippen LogP contribution in [-0.2, 0) is 4.74 Å². The number of amides is 3. The largest absolute Gasteiger partial charge is 0.490 e. The Hall–Kier alpha value is -4.35. The van der Waals surface area contributed by atoms with Crippen LogP contribution in [0.4, 0.5) is 5.69 Å². The van der Waals surface area contributed by atoms with E-state index >= 15 is 0 Å². The average Bonchev–Trinajstić information content (AvgIpc) is 3.06. The second kappa shape index (κ2) is 16.1. The number of pyridine rings is 2. The Labute approximate surface area is 264 Å². The van der Waals surface area contributed by atoms with Crippen LogP contribution in [0.15, 0.2) is 67.3 Å². The van der Waals surface area contributed by atoms with Gasteiger partial charge in [0, 0.05) is 74.3 Å². The molecule has 2 aromatic heterocycles. The summed E-state index contributed by atoms with van der Waals surface area (Å²) in [6.45, 7) is 6.54. The molecular formula is C34H43N5O6. The number of ether oxygens (including phenoxy) is 2. The molecule has 4 rings (SSSR count). The van der Waals surface area contributed by atoms with Crippen LogP contribution in [-0.4, -0.2) is 94.2 Å². The number of aliphatic hydroxyl groups is 1. The number of nitrogens with one attached hydrogen (secondary N) is 1. The van der Waals surface area contributed by atoms with Gasteiger partial charge < -0.3 is 29.7 Å². The summed E-state index contributed by atoms with van der Waals surface area (Å²) >= 11 is 0. The summed E-state index contributed by atoms with van der Waals surface area (Å²) in [5, 5.41) is 13.0. The lowest BCUT2D eigenvalue weighted by molar-refractivity contribution is -0.0149.